The molecule has 3 N–H and O–H groups in total. The molecule has 1 unspecified atom stereocenters. The van der Waals surface area contributed by atoms with Gasteiger partial charge in [0, 0.05) is 22.7 Å². The lowest BCUT2D eigenvalue weighted by Gasteiger charge is -2.23. The second-order valence-electron chi connectivity index (χ2n) is 4.49. The maximum Gasteiger partial charge on any atom is 0.319 e. The average Bonchev–Trinajstić information content (AvgIpc) is 2.40. The van der Waals surface area contributed by atoms with Crippen molar-refractivity contribution in [1.82, 2.24) is 10.6 Å². The molecule has 2 rings (SSSR count). The zero-order valence-electron chi connectivity index (χ0n) is 10.2. The predicted octanol–water partition coefficient (Wildman–Crippen LogP) is 2.71. The maximum absolute atomic E-state index is 11.7. The van der Waals surface area contributed by atoms with Crippen LogP contribution in [0.2, 0.25) is 0 Å². The highest BCUT2D eigenvalue weighted by Crippen LogP contribution is 2.13. The van der Waals surface area contributed by atoms with Gasteiger partial charge in [0.05, 0.1) is 0 Å². The van der Waals surface area contributed by atoms with Gasteiger partial charge < -0.3 is 16.0 Å². The molecule has 18 heavy (non-hydrogen) atoms. The number of piperidine rings is 1. The Balaban J connectivity index is 1.73. The summed E-state index contributed by atoms with van der Waals surface area (Å²) in [5.41, 5.74) is 0.798. The van der Waals surface area contributed by atoms with Gasteiger partial charge in [-0.2, -0.15) is 0 Å². The molecule has 0 aromatic heterocycles. The molecule has 1 aromatic carbocycles. The van der Waals surface area contributed by atoms with Crippen molar-refractivity contribution < 1.29 is 4.79 Å². The first-order valence-electron chi connectivity index (χ1n) is 6.28. The van der Waals surface area contributed by atoms with Crippen molar-refractivity contribution in [1.29, 1.82) is 0 Å². The highest BCUT2D eigenvalue weighted by Gasteiger charge is 2.13. The molecule has 4 nitrogen and oxygen atoms in total. The fourth-order valence-electron chi connectivity index (χ4n) is 2.02. The van der Waals surface area contributed by atoms with E-state index in [1.54, 1.807) is 0 Å². The number of hydrogen-bond acceptors (Lipinski definition) is 2. The van der Waals surface area contributed by atoms with E-state index in [-0.39, 0.29) is 6.03 Å². The van der Waals surface area contributed by atoms with Gasteiger partial charge in [-0.3, -0.25) is 0 Å². The van der Waals surface area contributed by atoms with Crippen LogP contribution in [0.5, 0.6) is 0 Å². The Labute approximate surface area is 116 Å². The Morgan fingerprint density at radius 3 is 2.78 bits per heavy atom. The van der Waals surface area contributed by atoms with Crippen LogP contribution in [0.25, 0.3) is 0 Å². The van der Waals surface area contributed by atoms with Gasteiger partial charge in [0.15, 0.2) is 0 Å². The molecule has 0 aliphatic carbocycles. The van der Waals surface area contributed by atoms with Crippen LogP contribution in [0.3, 0.4) is 0 Å². The number of benzene rings is 1. The molecule has 1 saturated heterocycles. The van der Waals surface area contributed by atoms with Crippen molar-refractivity contribution in [2.75, 3.05) is 18.4 Å². The van der Waals surface area contributed by atoms with E-state index in [9.17, 15) is 4.79 Å². The number of nitrogens with one attached hydrogen (secondary N) is 3. The molecule has 98 valence electrons. The number of amides is 2. The highest BCUT2D eigenvalue weighted by atomic mass is 79.9. The SMILES string of the molecule is O=C(NCC1CCCCN1)Nc1ccc(Br)cc1. The molecule has 1 fully saturated rings. The lowest BCUT2D eigenvalue weighted by Crippen LogP contribution is -2.44. The third kappa shape index (κ3) is 4.31. The van der Waals surface area contributed by atoms with Crippen LogP contribution in [-0.4, -0.2) is 25.2 Å². The van der Waals surface area contributed by atoms with Gasteiger partial charge in [-0.25, -0.2) is 4.79 Å². The first kappa shape index (κ1) is 13.4. The lowest BCUT2D eigenvalue weighted by molar-refractivity contribution is 0.249. The average molecular weight is 312 g/mol. The molecule has 1 aliphatic rings. The monoisotopic (exact) mass is 311 g/mol. The topological polar surface area (TPSA) is 53.2 Å². The van der Waals surface area contributed by atoms with Crippen LogP contribution in [0, 0.1) is 0 Å². The van der Waals surface area contributed by atoms with E-state index in [1.807, 2.05) is 24.3 Å². The first-order valence-corrected chi connectivity index (χ1v) is 7.07. The summed E-state index contributed by atoms with van der Waals surface area (Å²) in [5, 5.41) is 9.10. The number of urea groups is 1. The smallest absolute Gasteiger partial charge is 0.319 e. The third-order valence-corrected chi connectivity index (χ3v) is 3.55. The molecular weight excluding hydrogens is 294 g/mol. The van der Waals surface area contributed by atoms with Crippen LogP contribution >= 0.6 is 15.9 Å². The molecule has 1 atom stereocenters. The van der Waals surface area contributed by atoms with Gasteiger partial charge >= 0.3 is 6.03 Å². The van der Waals surface area contributed by atoms with Gasteiger partial charge in [0.1, 0.15) is 0 Å². The second kappa shape index (κ2) is 6.75. The number of rotatable bonds is 3. The summed E-state index contributed by atoms with van der Waals surface area (Å²) < 4.78 is 1.000. The Hall–Kier alpha value is -1.07. The zero-order chi connectivity index (χ0) is 12.8. The highest BCUT2D eigenvalue weighted by molar-refractivity contribution is 9.10. The van der Waals surface area contributed by atoms with E-state index in [0.29, 0.717) is 12.6 Å². The summed E-state index contributed by atoms with van der Waals surface area (Å²) >= 11 is 3.36. The molecule has 1 heterocycles. The van der Waals surface area contributed by atoms with E-state index < -0.39 is 0 Å². The maximum atomic E-state index is 11.7. The Morgan fingerprint density at radius 1 is 1.33 bits per heavy atom. The number of carbonyl (C=O) groups is 1. The summed E-state index contributed by atoms with van der Waals surface area (Å²) in [6.45, 7) is 1.74. The van der Waals surface area contributed by atoms with Crippen LogP contribution in [-0.2, 0) is 0 Å². The first-order chi connectivity index (χ1) is 8.74. The van der Waals surface area contributed by atoms with Gasteiger partial charge in [0.25, 0.3) is 0 Å². The van der Waals surface area contributed by atoms with Gasteiger partial charge in [-0.1, -0.05) is 22.4 Å². The van der Waals surface area contributed by atoms with Crippen molar-refractivity contribution in [2.45, 2.75) is 25.3 Å². The quantitative estimate of drug-likeness (QED) is 0.804. The molecule has 0 saturated carbocycles. The Bertz CT molecular complexity index is 388. The lowest BCUT2D eigenvalue weighted by atomic mass is 10.1. The molecule has 0 bridgehead atoms. The fraction of sp³-hybridized carbons (Fsp3) is 0.462. The van der Waals surface area contributed by atoms with Crippen molar-refractivity contribution in [2.24, 2.45) is 0 Å². The molecule has 0 spiro atoms. The minimum atomic E-state index is -0.148. The summed E-state index contributed by atoms with van der Waals surface area (Å²) in [4.78, 5) is 11.7. The summed E-state index contributed by atoms with van der Waals surface area (Å²) in [6.07, 6.45) is 3.62. The molecule has 5 heteroatoms. The largest absolute Gasteiger partial charge is 0.336 e. The van der Waals surface area contributed by atoms with Crippen LogP contribution < -0.4 is 16.0 Å². The van der Waals surface area contributed by atoms with E-state index >= 15 is 0 Å². The van der Waals surface area contributed by atoms with E-state index in [0.717, 1.165) is 23.1 Å². The minimum Gasteiger partial charge on any atom is -0.336 e. The second-order valence-corrected chi connectivity index (χ2v) is 5.40. The van der Waals surface area contributed by atoms with Gasteiger partial charge in [0.2, 0.25) is 0 Å². The number of carbonyl (C=O) groups excluding carboxylic acids is 1. The number of hydrogen-bond donors (Lipinski definition) is 3. The minimum absolute atomic E-state index is 0.148. The molecule has 1 aromatic rings. The van der Waals surface area contributed by atoms with Crippen molar-refractivity contribution in [3.8, 4) is 0 Å². The molecular formula is C13H18BrN3O. The van der Waals surface area contributed by atoms with Crippen LogP contribution in [0.15, 0.2) is 28.7 Å². The van der Waals surface area contributed by atoms with Gasteiger partial charge in [-0.05, 0) is 43.7 Å². The summed E-state index contributed by atoms with van der Waals surface area (Å²) in [6, 6.07) is 7.79. The summed E-state index contributed by atoms with van der Waals surface area (Å²) in [7, 11) is 0. The van der Waals surface area contributed by atoms with Crippen LogP contribution in [0.1, 0.15) is 19.3 Å². The standard InChI is InChI=1S/C13H18BrN3O/c14-10-4-6-11(7-5-10)17-13(18)16-9-12-3-1-2-8-15-12/h4-7,12,15H,1-3,8-9H2,(H2,16,17,18). The molecule has 1 aliphatic heterocycles. The fourth-order valence-corrected chi connectivity index (χ4v) is 2.29. The van der Waals surface area contributed by atoms with Crippen molar-refractivity contribution >= 4 is 27.6 Å². The van der Waals surface area contributed by atoms with E-state index in [4.69, 9.17) is 0 Å². The van der Waals surface area contributed by atoms with Crippen LogP contribution in [0.4, 0.5) is 10.5 Å². The molecule has 0 radical (unpaired) electrons. The summed E-state index contributed by atoms with van der Waals surface area (Å²) in [5.74, 6) is 0. The van der Waals surface area contributed by atoms with Crippen molar-refractivity contribution in [3.05, 3.63) is 28.7 Å². The van der Waals surface area contributed by atoms with E-state index in [1.165, 1.54) is 12.8 Å². The Kier molecular flexibility index (Phi) is 5.01. The Morgan fingerprint density at radius 2 is 2.11 bits per heavy atom. The van der Waals surface area contributed by atoms with Gasteiger partial charge in [-0.15, -0.1) is 0 Å². The van der Waals surface area contributed by atoms with E-state index in [2.05, 4.69) is 31.9 Å². The zero-order valence-corrected chi connectivity index (χ0v) is 11.8. The number of halogens is 1. The third-order valence-electron chi connectivity index (χ3n) is 3.02. The predicted molar refractivity (Wildman–Crippen MR) is 76.8 cm³/mol. The molecule has 2 amide bonds. The number of anilines is 1. The van der Waals surface area contributed by atoms with Crippen molar-refractivity contribution in [3.63, 3.8) is 0 Å². The normalized spacial score (nSPS) is 19.3.